The summed E-state index contributed by atoms with van der Waals surface area (Å²) in [5, 5.41) is 11.9. The van der Waals surface area contributed by atoms with Gasteiger partial charge in [0.1, 0.15) is 18.5 Å². The van der Waals surface area contributed by atoms with Gasteiger partial charge in [-0.3, -0.25) is 4.90 Å². The Kier molecular flexibility index (Phi) is 6.92. The highest BCUT2D eigenvalue weighted by molar-refractivity contribution is 5.85. The molecule has 1 saturated heterocycles. The van der Waals surface area contributed by atoms with Gasteiger partial charge in [0.25, 0.3) is 5.92 Å². The highest BCUT2D eigenvalue weighted by atomic mass is 35.5. The number of hydrogen-bond donors (Lipinski definition) is 2. The molecule has 1 aliphatic heterocycles. The standard InChI is InChI=1S/C14H16F6N2O.ClH/c15-11-6-9(5-10(7-11)14(18,19)20)12(13(16,17)8-23)22-3-1-21-2-4-22;/h5-7,12,21,23H,1-4,8H2;1H/t12-;/m0./s1. The maximum absolute atomic E-state index is 14.1. The first-order valence-corrected chi connectivity index (χ1v) is 6.96. The molecule has 0 aliphatic carbocycles. The van der Waals surface area contributed by atoms with Gasteiger partial charge in [-0.1, -0.05) is 0 Å². The zero-order chi connectivity index (χ0) is 17.3. The van der Waals surface area contributed by atoms with Crippen molar-refractivity contribution in [3.8, 4) is 0 Å². The second-order valence-electron chi connectivity index (χ2n) is 5.38. The van der Waals surface area contributed by atoms with Gasteiger partial charge in [0.15, 0.2) is 0 Å². The van der Waals surface area contributed by atoms with Crippen molar-refractivity contribution in [2.75, 3.05) is 32.8 Å². The summed E-state index contributed by atoms with van der Waals surface area (Å²) in [5.74, 6) is -4.95. The Balaban J connectivity index is 0.00000288. The summed E-state index contributed by atoms with van der Waals surface area (Å²) in [6.07, 6.45) is -4.85. The molecular weight excluding hydrogens is 362 g/mol. The average molecular weight is 379 g/mol. The summed E-state index contributed by atoms with van der Waals surface area (Å²) < 4.78 is 80.2. The Hall–Kier alpha value is -1.03. The van der Waals surface area contributed by atoms with Gasteiger partial charge in [-0.15, -0.1) is 12.4 Å². The summed E-state index contributed by atoms with van der Waals surface area (Å²) in [7, 11) is 0. The fraction of sp³-hybridized carbons (Fsp3) is 0.571. The maximum atomic E-state index is 14.1. The molecule has 0 saturated carbocycles. The first-order chi connectivity index (χ1) is 10.6. The minimum absolute atomic E-state index is 0. The largest absolute Gasteiger partial charge is 0.416 e. The van der Waals surface area contributed by atoms with E-state index < -0.39 is 41.7 Å². The number of alkyl halides is 5. The van der Waals surface area contributed by atoms with Crippen LogP contribution in [0.15, 0.2) is 18.2 Å². The lowest BCUT2D eigenvalue weighted by atomic mass is 9.96. The third-order valence-corrected chi connectivity index (χ3v) is 3.69. The molecule has 3 nitrogen and oxygen atoms in total. The predicted molar refractivity (Wildman–Crippen MR) is 77.9 cm³/mol. The van der Waals surface area contributed by atoms with Crippen LogP contribution >= 0.6 is 12.4 Å². The van der Waals surface area contributed by atoms with Crippen molar-refractivity contribution in [2.45, 2.75) is 18.1 Å². The zero-order valence-corrected chi connectivity index (χ0v) is 13.2. The molecule has 1 aromatic carbocycles. The number of aliphatic hydroxyl groups is 1. The first kappa shape index (κ1) is 21.0. The van der Waals surface area contributed by atoms with Gasteiger partial charge >= 0.3 is 6.18 Å². The van der Waals surface area contributed by atoms with E-state index in [1.807, 2.05) is 0 Å². The van der Waals surface area contributed by atoms with Crippen molar-refractivity contribution >= 4 is 12.4 Å². The number of halogens is 7. The van der Waals surface area contributed by atoms with E-state index in [1.165, 1.54) is 4.90 Å². The monoisotopic (exact) mass is 378 g/mol. The molecule has 138 valence electrons. The van der Waals surface area contributed by atoms with Crippen LogP contribution in [0.2, 0.25) is 0 Å². The maximum Gasteiger partial charge on any atom is 0.416 e. The summed E-state index contributed by atoms with van der Waals surface area (Å²) in [5.41, 5.74) is -1.83. The lowest BCUT2D eigenvalue weighted by molar-refractivity contribution is -0.138. The number of piperazine rings is 1. The molecule has 24 heavy (non-hydrogen) atoms. The Morgan fingerprint density at radius 2 is 1.67 bits per heavy atom. The van der Waals surface area contributed by atoms with Gasteiger partial charge in [-0.2, -0.15) is 13.2 Å². The van der Waals surface area contributed by atoms with E-state index in [0.717, 1.165) is 0 Å². The van der Waals surface area contributed by atoms with Crippen molar-refractivity contribution < 1.29 is 31.4 Å². The zero-order valence-electron chi connectivity index (χ0n) is 12.4. The Bertz CT molecular complexity index is 549. The van der Waals surface area contributed by atoms with Crippen molar-refractivity contribution in [3.05, 3.63) is 35.1 Å². The smallest absolute Gasteiger partial charge is 0.390 e. The second kappa shape index (κ2) is 7.90. The highest BCUT2D eigenvalue weighted by Crippen LogP contribution is 2.39. The van der Waals surface area contributed by atoms with Crippen LogP contribution in [0, 0.1) is 5.82 Å². The van der Waals surface area contributed by atoms with Crippen LogP contribution in [0.4, 0.5) is 26.3 Å². The molecule has 0 bridgehead atoms. The van der Waals surface area contributed by atoms with Crippen molar-refractivity contribution in [1.29, 1.82) is 0 Å². The van der Waals surface area contributed by atoms with Crippen molar-refractivity contribution in [3.63, 3.8) is 0 Å². The van der Waals surface area contributed by atoms with Gasteiger partial charge in [0.2, 0.25) is 0 Å². The summed E-state index contributed by atoms with van der Waals surface area (Å²) in [6, 6.07) is -0.397. The molecule has 0 aromatic heterocycles. The minimum Gasteiger partial charge on any atom is -0.390 e. The van der Waals surface area contributed by atoms with E-state index in [1.54, 1.807) is 0 Å². The van der Waals surface area contributed by atoms with E-state index in [-0.39, 0.29) is 31.6 Å². The molecule has 1 heterocycles. The molecule has 1 aromatic rings. The summed E-state index contributed by atoms with van der Waals surface area (Å²) >= 11 is 0. The van der Waals surface area contributed by atoms with Gasteiger partial charge in [-0.05, 0) is 23.8 Å². The molecular formula is C14H17ClF6N2O. The molecule has 2 N–H and O–H groups in total. The quantitative estimate of drug-likeness (QED) is 0.791. The SMILES string of the molecule is Cl.OCC(F)(F)[C@H](c1cc(F)cc(C(F)(F)F)c1)N1CCNCC1. The van der Waals surface area contributed by atoms with Crippen LogP contribution in [-0.2, 0) is 6.18 Å². The van der Waals surface area contributed by atoms with Gasteiger partial charge in [-0.25, -0.2) is 13.2 Å². The number of nitrogens with zero attached hydrogens (tertiary/aromatic N) is 1. The molecule has 10 heteroatoms. The Labute approximate surface area is 141 Å². The average Bonchev–Trinajstić information content (AvgIpc) is 2.47. The van der Waals surface area contributed by atoms with E-state index >= 15 is 0 Å². The summed E-state index contributed by atoms with van der Waals surface area (Å²) in [6.45, 7) is -0.491. The molecule has 0 spiro atoms. The normalized spacial score (nSPS) is 18.1. The fourth-order valence-corrected chi connectivity index (χ4v) is 2.68. The third-order valence-electron chi connectivity index (χ3n) is 3.69. The highest BCUT2D eigenvalue weighted by Gasteiger charge is 2.45. The number of aliphatic hydroxyl groups excluding tert-OH is 1. The molecule has 2 rings (SSSR count). The van der Waals surface area contributed by atoms with E-state index in [0.29, 0.717) is 25.2 Å². The van der Waals surface area contributed by atoms with Crippen molar-refractivity contribution in [1.82, 2.24) is 10.2 Å². The van der Waals surface area contributed by atoms with Crippen LogP contribution in [0.3, 0.4) is 0 Å². The third kappa shape index (κ3) is 4.75. The van der Waals surface area contributed by atoms with E-state index in [4.69, 9.17) is 5.11 Å². The lowest BCUT2D eigenvalue weighted by Crippen LogP contribution is -2.51. The number of nitrogens with one attached hydrogen (secondary N) is 1. The topological polar surface area (TPSA) is 35.5 Å². The number of hydrogen-bond acceptors (Lipinski definition) is 3. The van der Waals surface area contributed by atoms with Crippen LogP contribution in [0.25, 0.3) is 0 Å². The lowest BCUT2D eigenvalue weighted by Gasteiger charge is -2.39. The van der Waals surface area contributed by atoms with Crippen LogP contribution in [0.5, 0.6) is 0 Å². The van der Waals surface area contributed by atoms with Crippen LogP contribution in [-0.4, -0.2) is 48.7 Å². The van der Waals surface area contributed by atoms with Gasteiger partial charge < -0.3 is 10.4 Å². The first-order valence-electron chi connectivity index (χ1n) is 6.96. The second-order valence-corrected chi connectivity index (χ2v) is 5.38. The molecule has 1 atom stereocenters. The molecule has 0 radical (unpaired) electrons. The molecule has 0 amide bonds. The van der Waals surface area contributed by atoms with Crippen LogP contribution in [0.1, 0.15) is 17.2 Å². The van der Waals surface area contributed by atoms with Crippen molar-refractivity contribution in [2.24, 2.45) is 0 Å². The Morgan fingerprint density at radius 3 is 2.17 bits per heavy atom. The summed E-state index contributed by atoms with van der Waals surface area (Å²) in [4.78, 5) is 1.25. The van der Waals surface area contributed by atoms with E-state index in [9.17, 15) is 26.3 Å². The predicted octanol–water partition coefficient (Wildman–Crippen LogP) is 2.84. The van der Waals surface area contributed by atoms with Gasteiger partial charge in [0.05, 0.1) is 5.56 Å². The molecule has 1 fully saturated rings. The fourth-order valence-electron chi connectivity index (χ4n) is 2.68. The van der Waals surface area contributed by atoms with Gasteiger partial charge in [0, 0.05) is 26.2 Å². The van der Waals surface area contributed by atoms with E-state index in [2.05, 4.69) is 5.32 Å². The number of rotatable bonds is 4. The number of benzene rings is 1. The Morgan fingerprint density at radius 1 is 1.08 bits per heavy atom. The molecule has 1 aliphatic rings. The molecule has 0 unspecified atom stereocenters. The minimum atomic E-state index is -4.85. The van der Waals surface area contributed by atoms with Crippen LogP contribution < -0.4 is 5.32 Å².